The second-order valence-electron chi connectivity index (χ2n) is 4.60. The van der Waals surface area contributed by atoms with E-state index in [1.54, 1.807) is 29.0 Å². The van der Waals surface area contributed by atoms with E-state index in [0.29, 0.717) is 21.1 Å². The van der Waals surface area contributed by atoms with Gasteiger partial charge in [0.05, 0.1) is 11.1 Å². The molecular weight excluding hydrogens is 321 g/mol. The molecule has 0 aliphatic carbocycles. The van der Waals surface area contributed by atoms with E-state index >= 15 is 0 Å². The molecule has 0 saturated heterocycles. The number of benzene rings is 1. The van der Waals surface area contributed by atoms with Crippen molar-refractivity contribution in [3.05, 3.63) is 50.1 Å². The molecule has 22 heavy (non-hydrogen) atoms. The van der Waals surface area contributed by atoms with Gasteiger partial charge in [-0.3, -0.25) is 4.57 Å². The van der Waals surface area contributed by atoms with E-state index in [9.17, 15) is 9.50 Å². The van der Waals surface area contributed by atoms with Crippen LogP contribution in [0.25, 0.3) is 6.08 Å². The van der Waals surface area contributed by atoms with Crippen LogP contribution < -0.4 is 0 Å². The van der Waals surface area contributed by atoms with Crippen LogP contribution >= 0.6 is 23.6 Å². The molecule has 1 aliphatic heterocycles. The lowest BCUT2D eigenvalue weighted by Crippen LogP contribution is -2.02. The largest absolute Gasteiger partial charge is 0.493 e. The topological polar surface area (TPSA) is 49.9 Å². The Labute approximate surface area is 135 Å². The van der Waals surface area contributed by atoms with Crippen LogP contribution in [-0.2, 0) is 6.54 Å². The maximum Gasteiger partial charge on any atom is 0.210 e. The highest BCUT2D eigenvalue weighted by Crippen LogP contribution is 2.29. The molecule has 0 saturated carbocycles. The summed E-state index contributed by atoms with van der Waals surface area (Å²) >= 11 is 6.55. The molecule has 3 rings (SSSR count). The van der Waals surface area contributed by atoms with Gasteiger partial charge in [0.15, 0.2) is 3.95 Å². The number of nitrogens with zero attached hydrogens (tertiary/aromatic N) is 3. The van der Waals surface area contributed by atoms with Gasteiger partial charge in [0.25, 0.3) is 0 Å². The van der Waals surface area contributed by atoms with Crippen LogP contribution in [0, 0.1) is 9.77 Å². The lowest BCUT2D eigenvalue weighted by atomic mass is 10.0. The third kappa shape index (κ3) is 2.65. The summed E-state index contributed by atoms with van der Waals surface area (Å²) in [6, 6.07) is 6.05. The maximum absolute atomic E-state index is 13.0. The Bertz CT molecular complexity index is 860. The van der Waals surface area contributed by atoms with Gasteiger partial charge in [0.1, 0.15) is 11.5 Å². The van der Waals surface area contributed by atoms with Gasteiger partial charge in [-0.1, -0.05) is 0 Å². The second-order valence-corrected chi connectivity index (χ2v) is 6.28. The standard InChI is InChI=1S/C15H12FN3OS2/c1-2-19-14(20)12(22-15(19)21)7-10-8-17-18-13(10)9-3-5-11(16)6-4-9/h3-8,20H,2H2,1H3. The van der Waals surface area contributed by atoms with Crippen molar-refractivity contribution in [3.63, 3.8) is 0 Å². The number of halogens is 1. The number of aromatic nitrogens is 1. The molecule has 2 heterocycles. The van der Waals surface area contributed by atoms with E-state index in [4.69, 9.17) is 12.2 Å². The number of hydrogen-bond donors (Lipinski definition) is 1. The zero-order valence-corrected chi connectivity index (χ0v) is 13.3. The Morgan fingerprint density at radius 3 is 2.73 bits per heavy atom. The average Bonchev–Trinajstić information content (AvgIpc) is 3.06. The van der Waals surface area contributed by atoms with Crippen molar-refractivity contribution in [1.82, 2.24) is 4.57 Å². The number of thiazole rings is 1. The van der Waals surface area contributed by atoms with E-state index in [2.05, 4.69) is 10.2 Å². The molecule has 112 valence electrons. The van der Waals surface area contributed by atoms with Gasteiger partial charge >= 0.3 is 0 Å². The lowest BCUT2D eigenvalue weighted by Gasteiger charge is -2.02. The number of rotatable bonds is 3. The number of allylic oxidation sites excluding steroid dienone is 1. The van der Waals surface area contributed by atoms with Gasteiger partial charge < -0.3 is 5.11 Å². The third-order valence-corrected chi connectivity index (χ3v) is 4.63. The van der Waals surface area contributed by atoms with Crippen LogP contribution in [-0.4, -0.2) is 21.6 Å². The minimum atomic E-state index is -0.301. The Morgan fingerprint density at radius 2 is 2.09 bits per heavy atom. The Hall–Kier alpha value is -2.12. The number of hydrogen-bond acceptors (Lipinski definition) is 5. The quantitative estimate of drug-likeness (QED) is 0.863. The van der Waals surface area contributed by atoms with E-state index in [1.807, 2.05) is 6.92 Å². The molecule has 1 aromatic carbocycles. The highest BCUT2D eigenvalue weighted by molar-refractivity contribution is 7.73. The minimum Gasteiger partial charge on any atom is -0.493 e. The van der Waals surface area contributed by atoms with Crippen LogP contribution in [0.5, 0.6) is 5.88 Å². The molecule has 7 heteroatoms. The first-order chi connectivity index (χ1) is 10.6. The summed E-state index contributed by atoms with van der Waals surface area (Å²) in [5.74, 6) is -0.159. The van der Waals surface area contributed by atoms with Gasteiger partial charge in [0.2, 0.25) is 5.88 Å². The van der Waals surface area contributed by atoms with Crippen LogP contribution in [0.3, 0.4) is 0 Å². The zero-order chi connectivity index (χ0) is 15.7. The molecule has 0 radical (unpaired) electrons. The van der Waals surface area contributed by atoms with E-state index in [0.717, 1.165) is 11.1 Å². The normalized spacial score (nSPS) is 15.5. The lowest BCUT2D eigenvalue weighted by molar-refractivity contribution is 0.419. The Balaban J connectivity index is 2.01. The summed E-state index contributed by atoms with van der Waals surface area (Å²) < 4.78 is 15.3. The summed E-state index contributed by atoms with van der Waals surface area (Å²) in [4.78, 5) is 0.657. The fraction of sp³-hybridized carbons (Fsp3) is 0.133. The summed E-state index contributed by atoms with van der Waals surface area (Å²) in [6.45, 7) is 2.53. The van der Waals surface area contributed by atoms with Crippen molar-refractivity contribution >= 4 is 41.6 Å². The van der Waals surface area contributed by atoms with E-state index < -0.39 is 0 Å². The van der Waals surface area contributed by atoms with Gasteiger partial charge in [-0.05, 0) is 49.5 Å². The van der Waals surface area contributed by atoms with E-state index in [1.165, 1.54) is 23.5 Å². The molecule has 0 amide bonds. The van der Waals surface area contributed by atoms with Gasteiger partial charge in [-0.2, -0.15) is 5.10 Å². The monoisotopic (exact) mass is 333 g/mol. The first-order valence-electron chi connectivity index (χ1n) is 6.61. The molecule has 1 aliphatic rings. The third-order valence-electron chi connectivity index (χ3n) is 3.24. The summed E-state index contributed by atoms with van der Waals surface area (Å²) in [5.41, 5.74) is 2.16. The number of aromatic hydroxyl groups is 1. The first kappa shape index (κ1) is 14.8. The predicted octanol–water partition coefficient (Wildman–Crippen LogP) is 4.02. The molecule has 1 aromatic heterocycles. The van der Waals surface area contributed by atoms with Crippen LogP contribution in [0.4, 0.5) is 4.39 Å². The summed E-state index contributed by atoms with van der Waals surface area (Å²) in [6.07, 6.45) is 3.40. The highest BCUT2D eigenvalue weighted by atomic mass is 32.1. The van der Waals surface area contributed by atoms with Crippen LogP contribution in [0.15, 0.2) is 40.0 Å². The van der Waals surface area contributed by atoms with Crippen molar-refractivity contribution in [2.75, 3.05) is 0 Å². The van der Waals surface area contributed by atoms with Crippen molar-refractivity contribution in [2.45, 2.75) is 13.5 Å². The molecule has 0 unspecified atom stereocenters. The van der Waals surface area contributed by atoms with Gasteiger partial charge in [0, 0.05) is 17.7 Å². The fourth-order valence-corrected chi connectivity index (χ4v) is 3.52. The Morgan fingerprint density at radius 1 is 1.36 bits per heavy atom. The summed E-state index contributed by atoms with van der Waals surface area (Å²) in [7, 11) is 0. The SMILES string of the molecule is CCn1c(O)c(C=C2C=NN=C2c2ccc(F)cc2)sc1=S. The molecule has 1 N–H and O–H groups in total. The second kappa shape index (κ2) is 5.94. The maximum atomic E-state index is 13.0. The summed E-state index contributed by atoms with van der Waals surface area (Å²) in [5, 5.41) is 18.2. The van der Waals surface area contributed by atoms with Crippen LogP contribution in [0.1, 0.15) is 17.4 Å². The average molecular weight is 333 g/mol. The van der Waals surface area contributed by atoms with Crippen molar-refractivity contribution in [2.24, 2.45) is 10.2 Å². The minimum absolute atomic E-state index is 0.142. The Kier molecular flexibility index (Phi) is 4.00. The van der Waals surface area contributed by atoms with Gasteiger partial charge in [-0.25, -0.2) is 4.39 Å². The zero-order valence-electron chi connectivity index (χ0n) is 11.7. The molecule has 4 nitrogen and oxygen atoms in total. The smallest absolute Gasteiger partial charge is 0.210 e. The molecule has 0 spiro atoms. The van der Waals surface area contributed by atoms with Crippen LogP contribution in [0.2, 0.25) is 0 Å². The highest BCUT2D eigenvalue weighted by Gasteiger charge is 2.16. The first-order valence-corrected chi connectivity index (χ1v) is 7.84. The van der Waals surface area contributed by atoms with Gasteiger partial charge in [-0.15, -0.1) is 16.4 Å². The molecule has 0 atom stereocenters. The van der Waals surface area contributed by atoms with E-state index in [-0.39, 0.29) is 11.7 Å². The predicted molar refractivity (Wildman–Crippen MR) is 89.9 cm³/mol. The fourth-order valence-electron chi connectivity index (χ4n) is 2.13. The molecule has 0 fully saturated rings. The molecule has 2 aromatic rings. The molecule has 0 bridgehead atoms. The molecular formula is C15H12FN3OS2. The van der Waals surface area contributed by atoms with Crippen molar-refractivity contribution < 1.29 is 9.50 Å². The van der Waals surface area contributed by atoms with Crippen molar-refractivity contribution in [3.8, 4) is 5.88 Å². The van der Waals surface area contributed by atoms with Crippen molar-refractivity contribution in [1.29, 1.82) is 0 Å².